The van der Waals surface area contributed by atoms with E-state index in [0.29, 0.717) is 0 Å². The first-order valence-electron chi connectivity index (χ1n) is 8.55. The number of hydrogen-bond donors (Lipinski definition) is 3. The Morgan fingerprint density at radius 2 is 1.59 bits per heavy atom. The number of hydrogen-bond acceptors (Lipinski definition) is 4. The lowest BCUT2D eigenvalue weighted by molar-refractivity contribution is -0.150. The zero-order valence-electron chi connectivity index (χ0n) is 15.2. The van der Waals surface area contributed by atoms with Gasteiger partial charge in [0.2, 0.25) is 0 Å². The van der Waals surface area contributed by atoms with E-state index in [0.717, 1.165) is 12.1 Å². The maximum atomic E-state index is 13.4. The molecule has 1 rings (SSSR count). The van der Waals surface area contributed by atoms with Crippen LogP contribution in [0.5, 0.6) is 0 Å². The Labute approximate surface area is 164 Å². The second-order valence-corrected chi connectivity index (χ2v) is 9.13. The van der Waals surface area contributed by atoms with Gasteiger partial charge >= 0.3 is 18.3 Å². The van der Waals surface area contributed by atoms with Crippen molar-refractivity contribution in [3.05, 3.63) is 35.4 Å². The molecular formula is C17H22F6N2O3S. The summed E-state index contributed by atoms with van der Waals surface area (Å²) >= 11 is 0. The second kappa shape index (κ2) is 9.79. The lowest BCUT2D eigenvalue weighted by atomic mass is 9.94. The van der Waals surface area contributed by atoms with Gasteiger partial charge in [-0.3, -0.25) is 9.57 Å². The fraction of sp³-hybridized carbons (Fsp3) is 0.588. The van der Waals surface area contributed by atoms with E-state index >= 15 is 0 Å². The molecule has 0 radical (unpaired) electrons. The van der Waals surface area contributed by atoms with Gasteiger partial charge < -0.3 is 10.8 Å². The molecule has 0 heterocycles. The highest BCUT2D eigenvalue weighted by atomic mass is 32.2. The largest absolute Gasteiger partial charge is 0.480 e. The van der Waals surface area contributed by atoms with E-state index < -0.39 is 64.4 Å². The SMILES string of the molecule is N=S(=O)(CCC(c1ccc(CCC(F)(F)F)cc1)C(F)(F)F)CC[C@H](N)C(=O)O. The Morgan fingerprint density at radius 3 is 2.03 bits per heavy atom. The standard InChI is InChI=1S/C17H22F6N2O3S/c18-16(19,20)8-5-11-1-3-12(4-2-11)13(17(21,22)23)6-9-29(25,28)10-7-14(24)15(26)27/h1-4,13-14,25H,5-10,24H2,(H,26,27)/t13?,14-,29?/m0/s1. The van der Waals surface area contributed by atoms with Gasteiger partial charge in [0.15, 0.2) is 0 Å². The van der Waals surface area contributed by atoms with Crippen molar-refractivity contribution in [1.82, 2.24) is 0 Å². The molecule has 1 aromatic rings. The smallest absolute Gasteiger partial charge is 0.395 e. The Balaban J connectivity index is 2.82. The molecule has 166 valence electrons. The van der Waals surface area contributed by atoms with Crippen LogP contribution in [0.15, 0.2) is 24.3 Å². The number of alkyl halides is 6. The highest BCUT2D eigenvalue weighted by Crippen LogP contribution is 2.38. The zero-order valence-corrected chi connectivity index (χ0v) is 16.0. The van der Waals surface area contributed by atoms with Crippen LogP contribution in [0.2, 0.25) is 0 Å². The van der Waals surface area contributed by atoms with Crippen LogP contribution in [0, 0.1) is 4.78 Å². The molecule has 4 N–H and O–H groups in total. The number of nitrogens with two attached hydrogens (primary N) is 1. The van der Waals surface area contributed by atoms with Crippen LogP contribution in [0.4, 0.5) is 26.3 Å². The fourth-order valence-electron chi connectivity index (χ4n) is 2.57. The molecule has 12 heteroatoms. The van der Waals surface area contributed by atoms with Crippen LogP contribution in [0.3, 0.4) is 0 Å². The van der Waals surface area contributed by atoms with Crippen molar-refractivity contribution in [2.75, 3.05) is 11.5 Å². The van der Waals surface area contributed by atoms with Crippen LogP contribution in [-0.2, 0) is 20.9 Å². The number of aryl methyl sites for hydroxylation is 1. The highest BCUT2D eigenvalue weighted by Gasteiger charge is 2.40. The molecule has 0 aliphatic rings. The molecule has 0 saturated carbocycles. The average Bonchev–Trinajstić information content (AvgIpc) is 2.57. The number of aliphatic carboxylic acids is 1. The molecule has 1 aromatic carbocycles. The number of benzene rings is 1. The van der Waals surface area contributed by atoms with Crippen LogP contribution in [-0.4, -0.2) is 45.2 Å². The lowest BCUT2D eigenvalue weighted by Gasteiger charge is -2.22. The maximum absolute atomic E-state index is 13.4. The Bertz CT molecular complexity index is 776. The summed E-state index contributed by atoms with van der Waals surface area (Å²) in [5, 5.41) is 8.67. The minimum Gasteiger partial charge on any atom is -0.480 e. The van der Waals surface area contributed by atoms with Crippen molar-refractivity contribution in [2.45, 2.75) is 50.0 Å². The Hall–Kier alpha value is -1.82. The van der Waals surface area contributed by atoms with E-state index in [1.165, 1.54) is 12.1 Å². The van der Waals surface area contributed by atoms with Crippen molar-refractivity contribution in [2.24, 2.45) is 5.73 Å². The van der Waals surface area contributed by atoms with Crippen LogP contribution < -0.4 is 5.73 Å². The molecule has 2 unspecified atom stereocenters. The van der Waals surface area contributed by atoms with E-state index in [1.807, 2.05) is 0 Å². The number of carboxylic acid groups (broad SMARTS) is 1. The molecule has 29 heavy (non-hydrogen) atoms. The van der Waals surface area contributed by atoms with Gasteiger partial charge in [-0.1, -0.05) is 24.3 Å². The van der Waals surface area contributed by atoms with Gasteiger partial charge in [0, 0.05) is 27.7 Å². The van der Waals surface area contributed by atoms with E-state index in [9.17, 15) is 35.3 Å². The number of halogens is 6. The molecule has 0 amide bonds. The molecule has 5 nitrogen and oxygen atoms in total. The third-order valence-corrected chi connectivity index (χ3v) is 6.08. The first kappa shape index (κ1) is 25.2. The topological polar surface area (TPSA) is 104 Å². The number of nitrogens with one attached hydrogen (secondary N) is 1. The molecule has 3 atom stereocenters. The van der Waals surface area contributed by atoms with Crippen molar-refractivity contribution in [3.63, 3.8) is 0 Å². The van der Waals surface area contributed by atoms with Crippen molar-refractivity contribution < 1.29 is 40.5 Å². The van der Waals surface area contributed by atoms with Crippen molar-refractivity contribution >= 4 is 15.7 Å². The van der Waals surface area contributed by atoms with Crippen LogP contribution in [0.25, 0.3) is 0 Å². The predicted molar refractivity (Wildman–Crippen MR) is 95.1 cm³/mol. The molecule has 0 aliphatic heterocycles. The number of rotatable bonds is 10. The fourth-order valence-corrected chi connectivity index (χ4v) is 4.03. The zero-order chi connectivity index (χ0) is 22.5. The van der Waals surface area contributed by atoms with Gasteiger partial charge in [0.1, 0.15) is 6.04 Å². The first-order chi connectivity index (χ1) is 13.1. The van der Waals surface area contributed by atoms with Crippen molar-refractivity contribution in [1.29, 1.82) is 4.78 Å². The van der Waals surface area contributed by atoms with Gasteiger partial charge in [-0.2, -0.15) is 26.3 Å². The Kier molecular flexibility index (Phi) is 8.51. The van der Waals surface area contributed by atoms with Crippen molar-refractivity contribution in [3.8, 4) is 0 Å². The molecule has 0 fully saturated rings. The van der Waals surface area contributed by atoms with Gasteiger partial charge in [-0.25, -0.2) is 4.21 Å². The van der Waals surface area contributed by atoms with E-state index in [-0.39, 0.29) is 24.0 Å². The minimum absolute atomic E-state index is 0.203. The summed E-state index contributed by atoms with van der Waals surface area (Å²) in [4.78, 5) is 10.6. The van der Waals surface area contributed by atoms with Gasteiger partial charge in [-0.05, 0) is 30.4 Å². The third kappa shape index (κ3) is 9.48. The summed E-state index contributed by atoms with van der Waals surface area (Å²) in [6.45, 7) is 0. The lowest BCUT2D eigenvalue weighted by Crippen LogP contribution is -2.32. The number of carboxylic acids is 1. The third-order valence-electron chi connectivity index (χ3n) is 4.29. The van der Waals surface area contributed by atoms with E-state index in [2.05, 4.69) is 0 Å². The molecule has 0 aliphatic carbocycles. The summed E-state index contributed by atoms with van der Waals surface area (Å²) in [5.41, 5.74) is 5.28. The average molecular weight is 448 g/mol. The summed E-state index contributed by atoms with van der Waals surface area (Å²) < 4.78 is 96.8. The van der Waals surface area contributed by atoms with Gasteiger partial charge in [-0.15, -0.1) is 0 Å². The molecule has 0 spiro atoms. The minimum atomic E-state index is -4.71. The predicted octanol–water partition coefficient (Wildman–Crippen LogP) is 4.07. The summed E-state index contributed by atoms with van der Waals surface area (Å²) in [6, 6.07) is 3.17. The van der Waals surface area contributed by atoms with Gasteiger partial charge in [0.25, 0.3) is 0 Å². The second-order valence-electron chi connectivity index (χ2n) is 6.69. The maximum Gasteiger partial charge on any atom is 0.395 e. The highest BCUT2D eigenvalue weighted by molar-refractivity contribution is 7.92. The normalized spacial score (nSPS) is 16.8. The molecular weight excluding hydrogens is 426 g/mol. The molecule has 0 saturated heterocycles. The quantitative estimate of drug-likeness (QED) is 0.470. The number of carbonyl (C=O) groups is 1. The first-order valence-corrected chi connectivity index (χ1v) is 10.5. The molecule has 0 bridgehead atoms. The van der Waals surface area contributed by atoms with Crippen LogP contribution in [0.1, 0.15) is 36.3 Å². The Morgan fingerprint density at radius 1 is 1.07 bits per heavy atom. The van der Waals surface area contributed by atoms with Gasteiger partial charge in [0.05, 0.1) is 5.92 Å². The van der Waals surface area contributed by atoms with E-state index in [4.69, 9.17) is 15.6 Å². The summed E-state index contributed by atoms with van der Waals surface area (Å²) in [5.74, 6) is -4.46. The summed E-state index contributed by atoms with van der Waals surface area (Å²) in [7, 11) is -3.47. The molecule has 0 aromatic heterocycles. The van der Waals surface area contributed by atoms with E-state index in [1.54, 1.807) is 0 Å². The monoisotopic (exact) mass is 448 g/mol. The summed E-state index contributed by atoms with van der Waals surface area (Å²) in [6.07, 6.45) is -11.5. The van der Waals surface area contributed by atoms with Crippen LogP contribution >= 0.6 is 0 Å².